The molecule has 2 nitrogen and oxygen atoms in total. The van der Waals surface area contributed by atoms with E-state index in [-0.39, 0.29) is 12.0 Å². The average Bonchev–Trinajstić information content (AvgIpc) is 2.16. The van der Waals surface area contributed by atoms with Crippen molar-refractivity contribution in [2.24, 2.45) is 5.92 Å². The standard InChI is InChI=1S/C11H12F2O2/c1-2-7(11(14)15)5-8-3-4-9(12)6-10(8)13/h3-4,6-7H,2,5H2,1H3,(H,14,15)/t7-/m0/s1. The Kier molecular flexibility index (Phi) is 3.77. The molecular weight excluding hydrogens is 202 g/mol. The largest absolute Gasteiger partial charge is 0.481 e. The molecule has 1 rings (SSSR count). The van der Waals surface area contributed by atoms with Crippen LogP contribution in [0.5, 0.6) is 0 Å². The summed E-state index contributed by atoms with van der Waals surface area (Å²) in [6.07, 6.45) is 0.518. The van der Waals surface area contributed by atoms with Crippen LogP contribution in [0.15, 0.2) is 18.2 Å². The van der Waals surface area contributed by atoms with Crippen LogP contribution in [0.25, 0.3) is 0 Å². The normalized spacial score (nSPS) is 12.5. The fourth-order valence-electron chi connectivity index (χ4n) is 1.36. The van der Waals surface area contributed by atoms with E-state index < -0.39 is 23.5 Å². The van der Waals surface area contributed by atoms with E-state index in [1.54, 1.807) is 6.92 Å². The summed E-state index contributed by atoms with van der Waals surface area (Å²) < 4.78 is 25.7. The van der Waals surface area contributed by atoms with Crippen molar-refractivity contribution in [3.8, 4) is 0 Å². The highest BCUT2D eigenvalue weighted by Gasteiger charge is 2.17. The van der Waals surface area contributed by atoms with Gasteiger partial charge in [-0.2, -0.15) is 0 Å². The molecule has 0 radical (unpaired) electrons. The second-order valence-corrected chi connectivity index (χ2v) is 3.38. The van der Waals surface area contributed by atoms with E-state index in [4.69, 9.17) is 5.11 Å². The molecule has 0 heterocycles. The van der Waals surface area contributed by atoms with E-state index in [1.165, 1.54) is 6.07 Å². The molecule has 4 heteroatoms. The fraction of sp³-hybridized carbons (Fsp3) is 0.364. The lowest BCUT2D eigenvalue weighted by molar-refractivity contribution is -0.141. The van der Waals surface area contributed by atoms with Crippen molar-refractivity contribution in [1.82, 2.24) is 0 Å². The highest BCUT2D eigenvalue weighted by molar-refractivity contribution is 5.70. The van der Waals surface area contributed by atoms with Crippen molar-refractivity contribution < 1.29 is 18.7 Å². The minimum atomic E-state index is -0.957. The molecule has 1 atom stereocenters. The zero-order valence-electron chi connectivity index (χ0n) is 8.34. The third-order valence-corrected chi connectivity index (χ3v) is 2.32. The number of benzene rings is 1. The Hall–Kier alpha value is -1.45. The third kappa shape index (κ3) is 3.01. The summed E-state index contributed by atoms with van der Waals surface area (Å²) >= 11 is 0. The lowest BCUT2D eigenvalue weighted by atomic mass is 9.97. The third-order valence-electron chi connectivity index (χ3n) is 2.32. The van der Waals surface area contributed by atoms with Crippen LogP contribution >= 0.6 is 0 Å². The van der Waals surface area contributed by atoms with Gasteiger partial charge in [0.15, 0.2) is 0 Å². The Morgan fingerprint density at radius 2 is 2.13 bits per heavy atom. The summed E-state index contributed by atoms with van der Waals surface area (Å²) in [6, 6.07) is 3.19. The molecule has 0 aliphatic rings. The Bertz CT molecular complexity index is 364. The molecule has 0 saturated heterocycles. The van der Waals surface area contributed by atoms with Crippen LogP contribution in [0.3, 0.4) is 0 Å². The first-order valence-corrected chi connectivity index (χ1v) is 4.71. The van der Waals surface area contributed by atoms with Gasteiger partial charge in [0.05, 0.1) is 5.92 Å². The quantitative estimate of drug-likeness (QED) is 0.836. The van der Waals surface area contributed by atoms with E-state index >= 15 is 0 Å². The highest BCUT2D eigenvalue weighted by Crippen LogP contribution is 2.16. The number of hydrogen-bond acceptors (Lipinski definition) is 1. The van der Waals surface area contributed by atoms with Crippen molar-refractivity contribution in [3.05, 3.63) is 35.4 Å². The fourth-order valence-corrected chi connectivity index (χ4v) is 1.36. The predicted molar refractivity (Wildman–Crippen MR) is 51.5 cm³/mol. The van der Waals surface area contributed by atoms with E-state index in [9.17, 15) is 13.6 Å². The number of rotatable bonds is 4. The van der Waals surface area contributed by atoms with Crippen LogP contribution in [-0.4, -0.2) is 11.1 Å². The molecule has 0 aromatic heterocycles. The number of carbonyl (C=O) groups is 1. The molecule has 1 aromatic carbocycles. The van der Waals surface area contributed by atoms with Crippen molar-refractivity contribution in [1.29, 1.82) is 0 Å². The number of hydrogen-bond donors (Lipinski definition) is 1. The molecule has 0 aliphatic carbocycles. The van der Waals surface area contributed by atoms with Gasteiger partial charge in [-0.3, -0.25) is 4.79 Å². The SMILES string of the molecule is CC[C@@H](Cc1ccc(F)cc1F)C(=O)O. The Morgan fingerprint density at radius 1 is 1.47 bits per heavy atom. The Morgan fingerprint density at radius 3 is 2.60 bits per heavy atom. The molecule has 0 aliphatic heterocycles. The first-order valence-electron chi connectivity index (χ1n) is 4.71. The van der Waals surface area contributed by atoms with Crippen molar-refractivity contribution in [2.75, 3.05) is 0 Å². The van der Waals surface area contributed by atoms with Gasteiger partial charge in [-0.15, -0.1) is 0 Å². The maximum atomic E-state index is 13.2. The maximum absolute atomic E-state index is 13.2. The van der Waals surface area contributed by atoms with Crippen LogP contribution in [0.1, 0.15) is 18.9 Å². The monoisotopic (exact) mass is 214 g/mol. The zero-order chi connectivity index (χ0) is 11.4. The van der Waals surface area contributed by atoms with E-state index in [2.05, 4.69) is 0 Å². The van der Waals surface area contributed by atoms with Crippen LogP contribution < -0.4 is 0 Å². The summed E-state index contributed by atoms with van der Waals surface area (Å²) in [7, 11) is 0. The molecule has 82 valence electrons. The van der Waals surface area contributed by atoms with Gasteiger partial charge in [-0.1, -0.05) is 13.0 Å². The topological polar surface area (TPSA) is 37.3 Å². The highest BCUT2D eigenvalue weighted by atomic mass is 19.1. The second kappa shape index (κ2) is 4.87. The lowest BCUT2D eigenvalue weighted by Crippen LogP contribution is -2.16. The minimum Gasteiger partial charge on any atom is -0.481 e. The van der Waals surface area contributed by atoms with E-state index in [0.717, 1.165) is 12.1 Å². The van der Waals surface area contributed by atoms with Crippen LogP contribution in [0.4, 0.5) is 8.78 Å². The van der Waals surface area contributed by atoms with Crippen molar-refractivity contribution in [3.63, 3.8) is 0 Å². The maximum Gasteiger partial charge on any atom is 0.306 e. The predicted octanol–water partition coefficient (Wildman–Crippen LogP) is 2.62. The average molecular weight is 214 g/mol. The molecule has 0 bridgehead atoms. The van der Waals surface area contributed by atoms with E-state index in [0.29, 0.717) is 6.42 Å². The smallest absolute Gasteiger partial charge is 0.306 e. The van der Waals surface area contributed by atoms with Crippen molar-refractivity contribution >= 4 is 5.97 Å². The lowest BCUT2D eigenvalue weighted by Gasteiger charge is -2.10. The van der Waals surface area contributed by atoms with E-state index in [1.807, 2.05) is 0 Å². The molecule has 0 saturated carbocycles. The molecule has 0 spiro atoms. The Balaban J connectivity index is 2.84. The molecule has 0 fully saturated rings. The minimum absolute atomic E-state index is 0.0952. The van der Waals surface area contributed by atoms with Gasteiger partial charge in [-0.05, 0) is 24.5 Å². The van der Waals surface area contributed by atoms with Crippen molar-refractivity contribution in [2.45, 2.75) is 19.8 Å². The first-order chi connectivity index (χ1) is 7.04. The summed E-state index contributed by atoms with van der Waals surface area (Å²) in [5, 5.41) is 8.78. The molecular formula is C11H12F2O2. The molecule has 1 N–H and O–H groups in total. The zero-order valence-corrected chi connectivity index (χ0v) is 8.34. The molecule has 0 amide bonds. The van der Waals surface area contributed by atoms with Gasteiger partial charge in [-0.25, -0.2) is 8.78 Å². The van der Waals surface area contributed by atoms with Gasteiger partial charge < -0.3 is 5.11 Å². The van der Waals surface area contributed by atoms with Crippen LogP contribution in [0.2, 0.25) is 0 Å². The Labute approximate surface area is 86.5 Å². The number of halogens is 2. The number of carboxylic acids is 1. The first kappa shape index (κ1) is 11.6. The molecule has 15 heavy (non-hydrogen) atoms. The second-order valence-electron chi connectivity index (χ2n) is 3.38. The van der Waals surface area contributed by atoms with Crippen LogP contribution in [0, 0.1) is 17.6 Å². The summed E-state index contributed by atoms with van der Waals surface area (Å²) in [5.41, 5.74) is 0.241. The number of carboxylic acid groups (broad SMARTS) is 1. The van der Waals surface area contributed by atoms with Gasteiger partial charge in [0, 0.05) is 6.07 Å². The molecule has 1 aromatic rings. The van der Waals surface area contributed by atoms with Gasteiger partial charge in [0.25, 0.3) is 0 Å². The summed E-state index contributed by atoms with van der Waals surface area (Å²) in [5.74, 6) is -2.92. The summed E-state index contributed by atoms with van der Waals surface area (Å²) in [4.78, 5) is 10.7. The van der Waals surface area contributed by atoms with Gasteiger partial charge in [0.1, 0.15) is 11.6 Å². The van der Waals surface area contributed by atoms with Gasteiger partial charge >= 0.3 is 5.97 Å². The number of aliphatic carboxylic acids is 1. The van der Waals surface area contributed by atoms with Crippen LogP contribution in [-0.2, 0) is 11.2 Å². The molecule has 0 unspecified atom stereocenters. The van der Waals surface area contributed by atoms with Gasteiger partial charge in [0.2, 0.25) is 0 Å². The summed E-state index contributed by atoms with van der Waals surface area (Å²) in [6.45, 7) is 1.72.